The van der Waals surface area contributed by atoms with Gasteiger partial charge in [0, 0.05) is 17.5 Å². The first-order chi connectivity index (χ1) is 14.4. The third-order valence-corrected chi connectivity index (χ3v) is 5.43. The molecule has 3 rings (SSSR count). The zero-order valence-electron chi connectivity index (χ0n) is 17.3. The molecule has 7 heteroatoms. The number of carbonyl (C=O) groups excluding carboxylic acids is 1. The molecule has 0 aliphatic rings. The van der Waals surface area contributed by atoms with Crippen molar-refractivity contribution in [1.29, 1.82) is 0 Å². The van der Waals surface area contributed by atoms with Gasteiger partial charge in [-0.05, 0) is 41.3 Å². The van der Waals surface area contributed by atoms with E-state index in [1.54, 1.807) is 7.11 Å². The molecule has 0 fully saturated rings. The lowest BCUT2D eigenvalue weighted by Gasteiger charge is -2.09. The summed E-state index contributed by atoms with van der Waals surface area (Å²) in [5.74, 6) is 1.62. The number of nitrogens with zero attached hydrogens (tertiary/aromatic N) is 1. The second-order valence-electron chi connectivity index (χ2n) is 7.18. The van der Waals surface area contributed by atoms with Gasteiger partial charge in [0.25, 0.3) is 5.56 Å². The van der Waals surface area contributed by atoms with Crippen LogP contribution in [0.5, 0.6) is 5.75 Å². The van der Waals surface area contributed by atoms with Crippen molar-refractivity contribution < 1.29 is 9.53 Å². The topological polar surface area (TPSA) is 84.1 Å². The Morgan fingerprint density at radius 3 is 2.63 bits per heavy atom. The van der Waals surface area contributed by atoms with E-state index in [9.17, 15) is 9.59 Å². The Labute approximate surface area is 180 Å². The molecule has 0 aliphatic heterocycles. The summed E-state index contributed by atoms with van der Waals surface area (Å²) in [5.41, 5.74) is 3.14. The molecule has 2 aromatic carbocycles. The summed E-state index contributed by atoms with van der Waals surface area (Å²) in [6.45, 7) is 4.24. The lowest BCUT2D eigenvalue weighted by atomic mass is 10.0. The molecule has 0 atom stereocenters. The van der Waals surface area contributed by atoms with Crippen molar-refractivity contribution in [3.8, 4) is 5.75 Å². The summed E-state index contributed by atoms with van der Waals surface area (Å²) >= 11 is 1.40. The monoisotopic (exact) mass is 423 g/mol. The Morgan fingerprint density at radius 1 is 1.17 bits per heavy atom. The number of benzene rings is 2. The maximum atomic E-state index is 12.4. The Hall–Kier alpha value is -3.06. The summed E-state index contributed by atoms with van der Waals surface area (Å²) in [6.07, 6.45) is 0.0303. The van der Waals surface area contributed by atoms with Gasteiger partial charge in [-0.25, -0.2) is 4.98 Å². The van der Waals surface area contributed by atoms with Crippen molar-refractivity contribution >= 4 is 23.4 Å². The Balaban J connectivity index is 1.62. The van der Waals surface area contributed by atoms with Gasteiger partial charge in [0.2, 0.25) is 5.91 Å². The molecule has 30 heavy (non-hydrogen) atoms. The highest BCUT2D eigenvalue weighted by Crippen LogP contribution is 2.22. The maximum absolute atomic E-state index is 12.4. The summed E-state index contributed by atoms with van der Waals surface area (Å²) in [4.78, 5) is 31.5. The van der Waals surface area contributed by atoms with Gasteiger partial charge in [0.05, 0.1) is 19.2 Å². The smallest absolute Gasteiger partial charge is 0.251 e. The Kier molecular flexibility index (Phi) is 7.30. The van der Waals surface area contributed by atoms with Crippen LogP contribution in [-0.2, 0) is 17.0 Å². The van der Waals surface area contributed by atoms with Crippen LogP contribution in [0.3, 0.4) is 0 Å². The Morgan fingerprint density at radius 2 is 1.93 bits per heavy atom. The van der Waals surface area contributed by atoms with E-state index in [0.29, 0.717) is 22.5 Å². The molecule has 6 nitrogen and oxygen atoms in total. The molecule has 1 amide bonds. The molecule has 0 bridgehead atoms. The average molecular weight is 424 g/mol. The van der Waals surface area contributed by atoms with Crippen LogP contribution in [-0.4, -0.2) is 23.0 Å². The van der Waals surface area contributed by atoms with Crippen molar-refractivity contribution in [3.05, 3.63) is 81.8 Å². The van der Waals surface area contributed by atoms with Crippen LogP contribution in [0, 0.1) is 0 Å². The first-order valence-corrected chi connectivity index (χ1v) is 10.7. The zero-order chi connectivity index (χ0) is 21.5. The van der Waals surface area contributed by atoms with Crippen molar-refractivity contribution in [2.24, 2.45) is 0 Å². The van der Waals surface area contributed by atoms with Gasteiger partial charge in [0.15, 0.2) is 5.16 Å². The van der Waals surface area contributed by atoms with Crippen molar-refractivity contribution in [1.82, 2.24) is 9.97 Å². The molecule has 1 heterocycles. The molecule has 0 unspecified atom stereocenters. The first kappa shape index (κ1) is 21.6. The van der Waals surface area contributed by atoms with Gasteiger partial charge >= 0.3 is 0 Å². The largest absolute Gasteiger partial charge is 0.497 e. The van der Waals surface area contributed by atoms with E-state index in [1.165, 1.54) is 23.4 Å². The van der Waals surface area contributed by atoms with Gasteiger partial charge in [-0.3, -0.25) is 9.59 Å². The number of H-pyrrole nitrogens is 1. The minimum atomic E-state index is -0.276. The van der Waals surface area contributed by atoms with Gasteiger partial charge < -0.3 is 15.0 Å². The molecule has 0 saturated carbocycles. The molecule has 2 N–H and O–H groups in total. The summed E-state index contributed by atoms with van der Waals surface area (Å²) in [5, 5.41) is 3.34. The number of aromatic nitrogens is 2. The average Bonchev–Trinajstić information content (AvgIpc) is 2.72. The number of nitrogens with one attached hydrogen (secondary N) is 2. The Bertz CT molecular complexity index is 1060. The van der Waals surface area contributed by atoms with E-state index >= 15 is 0 Å². The predicted octanol–water partition coefficient (Wildman–Crippen LogP) is 4.38. The number of aromatic amines is 1. The van der Waals surface area contributed by atoms with Gasteiger partial charge in [-0.1, -0.05) is 49.9 Å². The summed E-state index contributed by atoms with van der Waals surface area (Å²) in [7, 11) is 1.62. The standard InChI is InChI=1S/C23H25N3O3S/c1-15(2)17-7-9-18(10-8-17)24-21(27)12-19-13-22(28)26-23(25-19)30-14-16-5-4-6-20(11-16)29-3/h4-11,13,15H,12,14H2,1-3H3,(H,24,27)(H,25,26,28). The van der Waals surface area contributed by atoms with Crippen LogP contribution in [0.25, 0.3) is 0 Å². The second-order valence-corrected chi connectivity index (χ2v) is 8.15. The zero-order valence-corrected chi connectivity index (χ0v) is 18.1. The molecule has 0 spiro atoms. The van der Waals surface area contributed by atoms with Crippen LogP contribution in [0.4, 0.5) is 5.69 Å². The van der Waals surface area contributed by atoms with Crippen LogP contribution in [0.15, 0.2) is 64.5 Å². The second kappa shape index (κ2) is 10.1. The minimum Gasteiger partial charge on any atom is -0.497 e. The van der Waals surface area contributed by atoms with Gasteiger partial charge in [-0.2, -0.15) is 0 Å². The third kappa shape index (κ3) is 6.22. The van der Waals surface area contributed by atoms with E-state index in [0.717, 1.165) is 17.0 Å². The highest BCUT2D eigenvalue weighted by molar-refractivity contribution is 7.98. The highest BCUT2D eigenvalue weighted by Gasteiger charge is 2.09. The third-order valence-electron chi connectivity index (χ3n) is 4.49. The van der Waals surface area contributed by atoms with E-state index in [-0.39, 0.29) is 17.9 Å². The molecule has 1 aromatic heterocycles. The number of ether oxygens (including phenoxy) is 1. The van der Waals surface area contributed by atoms with E-state index in [4.69, 9.17) is 4.74 Å². The van der Waals surface area contributed by atoms with Crippen molar-refractivity contribution in [2.45, 2.75) is 37.1 Å². The summed E-state index contributed by atoms with van der Waals surface area (Å²) < 4.78 is 5.23. The van der Waals surface area contributed by atoms with Crippen molar-refractivity contribution in [3.63, 3.8) is 0 Å². The summed E-state index contributed by atoms with van der Waals surface area (Å²) in [6, 6.07) is 16.8. The molecule has 156 valence electrons. The van der Waals surface area contributed by atoms with E-state index in [2.05, 4.69) is 29.1 Å². The molecular formula is C23H25N3O3S. The number of amides is 1. The van der Waals surface area contributed by atoms with Crippen LogP contribution < -0.4 is 15.6 Å². The lowest BCUT2D eigenvalue weighted by Crippen LogP contribution is -2.18. The number of anilines is 1. The van der Waals surface area contributed by atoms with Crippen LogP contribution in [0.2, 0.25) is 0 Å². The van der Waals surface area contributed by atoms with E-state index in [1.807, 2.05) is 48.5 Å². The van der Waals surface area contributed by atoms with Gasteiger partial charge in [0.1, 0.15) is 5.75 Å². The normalized spacial score (nSPS) is 10.8. The fourth-order valence-corrected chi connectivity index (χ4v) is 3.71. The fraction of sp³-hybridized carbons (Fsp3) is 0.261. The molecular weight excluding hydrogens is 398 g/mol. The maximum Gasteiger partial charge on any atom is 0.251 e. The number of rotatable bonds is 8. The molecule has 0 aliphatic carbocycles. The van der Waals surface area contributed by atoms with Crippen LogP contribution >= 0.6 is 11.8 Å². The van der Waals surface area contributed by atoms with Crippen molar-refractivity contribution in [2.75, 3.05) is 12.4 Å². The molecule has 3 aromatic rings. The number of carbonyl (C=O) groups is 1. The number of hydrogen-bond acceptors (Lipinski definition) is 5. The lowest BCUT2D eigenvalue weighted by molar-refractivity contribution is -0.115. The molecule has 0 saturated heterocycles. The van der Waals surface area contributed by atoms with E-state index < -0.39 is 0 Å². The fourth-order valence-electron chi connectivity index (χ4n) is 2.88. The SMILES string of the molecule is COc1cccc(CSc2nc(CC(=O)Nc3ccc(C(C)C)cc3)cc(=O)[nH]2)c1. The number of thioether (sulfide) groups is 1. The van der Waals surface area contributed by atoms with Gasteiger partial charge in [-0.15, -0.1) is 0 Å². The predicted molar refractivity (Wildman–Crippen MR) is 120 cm³/mol. The highest BCUT2D eigenvalue weighted by atomic mass is 32.2. The number of hydrogen-bond donors (Lipinski definition) is 2. The molecule has 0 radical (unpaired) electrons. The van der Waals surface area contributed by atoms with Crippen LogP contribution in [0.1, 0.15) is 36.6 Å². The minimum absolute atomic E-state index is 0.0303. The first-order valence-electron chi connectivity index (χ1n) is 9.68. The quantitative estimate of drug-likeness (QED) is 0.415. The number of methoxy groups -OCH3 is 1.